The highest BCUT2D eigenvalue weighted by molar-refractivity contribution is 7.89. The van der Waals surface area contributed by atoms with Gasteiger partial charge in [-0.1, -0.05) is 12.1 Å². The number of hydrogen-bond acceptors (Lipinski definition) is 4. The van der Waals surface area contributed by atoms with Gasteiger partial charge in [-0.05, 0) is 24.6 Å². The lowest BCUT2D eigenvalue weighted by Gasteiger charge is -2.17. The Balaban J connectivity index is 1.90. The fourth-order valence-electron chi connectivity index (χ4n) is 2.53. The fraction of sp³-hybridized carbons (Fsp3) is 0.267. The van der Waals surface area contributed by atoms with Crippen LogP contribution in [0.1, 0.15) is 22.4 Å². The molecule has 2 heterocycles. The number of ether oxygens (including phenoxy) is 1. The molecule has 6 nitrogen and oxygen atoms in total. The maximum absolute atomic E-state index is 11.6. The molecule has 3 rings (SSSR count). The second-order valence-corrected chi connectivity index (χ2v) is 7.02. The largest absolute Gasteiger partial charge is 0.488 e. The highest BCUT2D eigenvalue weighted by atomic mass is 32.2. The number of benzene rings is 1. The van der Waals surface area contributed by atoms with Gasteiger partial charge in [-0.15, -0.1) is 4.40 Å². The summed E-state index contributed by atoms with van der Waals surface area (Å²) >= 11 is 0. The minimum Gasteiger partial charge on any atom is -0.488 e. The second-order valence-electron chi connectivity index (χ2n) is 5.38. The molecule has 0 spiro atoms. The van der Waals surface area contributed by atoms with Crippen LogP contribution >= 0.6 is 0 Å². The first-order chi connectivity index (χ1) is 10.4. The Morgan fingerprint density at radius 2 is 2.18 bits per heavy atom. The molecule has 0 radical (unpaired) electrons. The summed E-state index contributed by atoms with van der Waals surface area (Å²) in [5.74, 6) is 0.390. The Kier molecular flexibility index (Phi) is 3.44. The molecule has 0 bridgehead atoms. The van der Waals surface area contributed by atoms with Crippen molar-refractivity contribution in [3.8, 4) is 5.75 Å². The van der Waals surface area contributed by atoms with Gasteiger partial charge in [0.2, 0.25) is 0 Å². The molecule has 0 fully saturated rings. The molecule has 0 saturated heterocycles. The number of aromatic nitrogens is 1. The maximum atomic E-state index is 11.6. The van der Waals surface area contributed by atoms with Crippen molar-refractivity contribution in [1.29, 1.82) is 0 Å². The SMILES string of the molecule is Cc1cc(COc2cccc3c2C(N)=NS(=O)(=O)C3)cn1C. The van der Waals surface area contributed by atoms with Gasteiger partial charge in [0, 0.05) is 24.5 Å². The van der Waals surface area contributed by atoms with Crippen molar-refractivity contribution in [1.82, 2.24) is 4.57 Å². The van der Waals surface area contributed by atoms with Crippen molar-refractivity contribution in [2.75, 3.05) is 0 Å². The van der Waals surface area contributed by atoms with E-state index in [1.807, 2.05) is 30.8 Å². The number of amidine groups is 1. The standard InChI is InChI=1S/C15H17N3O3S/c1-10-6-11(7-18(10)2)8-21-13-5-3-4-12-9-22(19,20)17-15(16)14(12)13/h3-7H,8-9H2,1-2H3,(H2,16,17). The van der Waals surface area contributed by atoms with E-state index in [0.29, 0.717) is 23.5 Å². The number of rotatable bonds is 3. The summed E-state index contributed by atoms with van der Waals surface area (Å²) in [5, 5.41) is 0. The summed E-state index contributed by atoms with van der Waals surface area (Å²) in [6, 6.07) is 7.30. The highest BCUT2D eigenvalue weighted by Gasteiger charge is 2.25. The Hall–Kier alpha value is -2.28. The van der Waals surface area contributed by atoms with E-state index in [4.69, 9.17) is 10.5 Å². The quantitative estimate of drug-likeness (QED) is 0.928. The van der Waals surface area contributed by atoms with E-state index in [1.54, 1.807) is 18.2 Å². The number of nitrogens with two attached hydrogens (primary N) is 1. The molecule has 1 aliphatic heterocycles. The molecule has 0 atom stereocenters. The number of aryl methyl sites for hydroxylation is 2. The van der Waals surface area contributed by atoms with Crippen LogP contribution in [-0.2, 0) is 29.4 Å². The van der Waals surface area contributed by atoms with Crippen LogP contribution in [0.2, 0.25) is 0 Å². The van der Waals surface area contributed by atoms with Gasteiger partial charge in [-0.25, -0.2) is 8.42 Å². The Morgan fingerprint density at radius 3 is 2.86 bits per heavy atom. The molecule has 0 unspecified atom stereocenters. The van der Waals surface area contributed by atoms with Crippen LogP contribution in [-0.4, -0.2) is 18.8 Å². The lowest BCUT2D eigenvalue weighted by molar-refractivity contribution is 0.305. The van der Waals surface area contributed by atoms with Gasteiger partial charge in [0.1, 0.15) is 18.2 Å². The fourth-order valence-corrected chi connectivity index (χ4v) is 3.62. The number of hydrogen-bond donors (Lipinski definition) is 1. The van der Waals surface area contributed by atoms with Crippen molar-refractivity contribution >= 4 is 15.9 Å². The monoisotopic (exact) mass is 319 g/mol. The molecule has 2 N–H and O–H groups in total. The average molecular weight is 319 g/mol. The zero-order valence-corrected chi connectivity index (χ0v) is 13.2. The van der Waals surface area contributed by atoms with Crippen molar-refractivity contribution in [3.63, 3.8) is 0 Å². The predicted molar refractivity (Wildman–Crippen MR) is 84.3 cm³/mol. The number of fused-ring (bicyclic) bond motifs is 1. The molecular weight excluding hydrogens is 302 g/mol. The smallest absolute Gasteiger partial charge is 0.259 e. The molecule has 1 aromatic heterocycles. The summed E-state index contributed by atoms with van der Waals surface area (Å²) < 4.78 is 34.7. The summed E-state index contributed by atoms with van der Waals surface area (Å²) in [6.07, 6.45) is 1.99. The van der Waals surface area contributed by atoms with E-state index in [1.165, 1.54) is 0 Å². The minimum absolute atomic E-state index is 0.0129. The van der Waals surface area contributed by atoms with Gasteiger partial charge in [-0.2, -0.15) is 0 Å². The summed E-state index contributed by atoms with van der Waals surface area (Å²) in [6.45, 7) is 2.40. The molecule has 116 valence electrons. The lowest BCUT2D eigenvalue weighted by atomic mass is 10.1. The third-order valence-electron chi connectivity index (χ3n) is 3.65. The predicted octanol–water partition coefficient (Wildman–Crippen LogP) is 1.46. The molecular formula is C15H17N3O3S. The second kappa shape index (κ2) is 5.17. The summed E-state index contributed by atoms with van der Waals surface area (Å²) in [7, 11) is -1.56. The topological polar surface area (TPSA) is 86.7 Å². The van der Waals surface area contributed by atoms with E-state index in [-0.39, 0.29) is 11.6 Å². The van der Waals surface area contributed by atoms with E-state index in [2.05, 4.69) is 4.40 Å². The van der Waals surface area contributed by atoms with Gasteiger partial charge >= 0.3 is 0 Å². The van der Waals surface area contributed by atoms with Crippen LogP contribution < -0.4 is 10.5 Å². The van der Waals surface area contributed by atoms with Gasteiger partial charge in [-0.3, -0.25) is 0 Å². The van der Waals surface area contributed by atoms with Crippen LogP contribution in [0.5, 0.6) is 5.75 Å². The Bertz CT molecular complexity index is 847. The van der Waals surface area contributed by atoms with Crippen LogP contribution in [0.15, 0.2) is 34.9 Å². The Labute approximate surface area is 129 Å². The first-order valence-corrected chi connectivity index (χ1v) is 8.41. The van der Waals surface area contributed by atoms with E-state index in [9.17, 15) is 8.42 Å². The van der Waals surface area contributed by atoms with E-state index in [0.717, 1.165) is 11.3 Å². The minimum atomic E-state index is -3.53. The third-order valence-corrected chi connectivity index (χ3v) is 4.80. The van der Waals surface area contributed by atoms with Crippen LogP contribution in [0.3, 0.4) is 0 Å². The van der Waals surface area contributed by atoms with Crippen LogP contribution in [0.25, 0.3) is 0 Å². The molecule has 0 saturated carbocycles. The molecule has 7 heteroatoms. The molecule has 22 heavy (non-hydrogen) atoms. The lowest BCUT2D eigenvalue weighted by Crippen LogP contribution is -2.24. The van der Waals surface area contributed by atoms with Crippen molar-refractivity contribution in [2.45, 2.75) is 19.3 Å². The van der Waals surface area contributed by atoms with Gasteiger partial charge < -0.3 is 15.0 Å². The van der Waals surface area contributed by atoms with Crippen LogP contribution in [0, 0.1) is 6.92 Å². The molecule has 2 aromatic rings. The summed E-state index contributed by atoms with van der Waals surface area (Å²) in [5.41, 5.74) is 9.18. The van der Waals surface area contributed by atoms with Crippen molar-refractivity contribution in [2.24, 2.45) is 17.2 Å². The normalized spacial score (nSPS) is 16.0. The molecule has 1 aliphatic rings. The van der Waals surface area contributed by atoms with Crippen molar-refractivity contribution < 1.29 is 13.2 Å². The van der Waals surface area contributed by atoms with E-state index >= 15 is 0 Å². The van der Waals surface area contributed by atoms with Gasteiger partial charge in [0.25, 0.3) is 10.0 Å². The van der Waals surface area contributed by atoms with E-state index < -0.39 is 10.0 Å². The zero-order chi connectivity index (χ0) is 15.9. The zero-order valence-electron chi connectivity index (χ0n) is 12.4. The number of nitrogens with zero attached hydrogens (tertiary/aromatic N) is 2. The first-order valence-electron chi connectivity index (χ1n) is 6.81. The number of sulfonamides is 1. The third kappa shape index (κ3) is 2.71. The molecule has 0 aliphatic carbocycles. The summed E-state index contributed by atoms with van der Waals surface area (Å²) in [4.78, 5) is 0. The van der Waals surface area contributed by atoms with Crippen LogP contribution in [0.4, 0.5) is 0 Å². The van der Waals surface area contributed by atoms with Gasteiger partial charge in [0.05, 0.1) is 11.3 Å². The molecule has 1 aromatic carbocycles. The Morgan fingerprint density at radius 1 is 1.41 bits per heavy atom. The average Bonchev–Trinajstić information content (AvgIpc) is 2.73. The highest BCUT2D eigenvalue weighted by Crippen LogP contribution is 2.28. The van der Waals surface area contributed by atoms with Crippen molar-refractivity contribution in [3.05, 3.63) is 52.8 Å². The maximum Gasteiger partial charge on any atom is 0.259 e. The van der Waals surface area contributed by atoms with Gasteiger partial charge in [0.15, 0.2) is 0 Å². The molecule has 0 amide bonds. The first kappa shape index (κ1) is 14.6.